The maximum Gasteiger partial charge on any atom is 0.274 e. The molecule has 0 saturated carbocycles. The van der Waals surface area contributed by atoms with Crippen molar-refractivity contribution in [1.82, 2.24) is 19.3 Å². The summed E-state index contributed by atoms with van der Waals surface area (Å²) in [6, 6.07) is 10.1. The van der Waals surface area contributed by atoms with E-state index in [0.717, 1.165) is 31.6 Å². The molecule has 1 aromatic carbocycles. The van der Waals surface area contributed by atoms with Gasteiger partial charge in [0.05, 0.1) is 24.6 Å². The van der Waals surface area contributed by atoms with Crippen LogP contribution in [0.4, 0.5) is 5.69 Å². The number of hydrogen-bond acceptors (Lipinski definition) is 3. The van der Waals surface area contributed by atoms with E-state index in [1.807, 2.05) is 33.6 Å². The number of nitrogens with zero attached hydrogens (tertiary/aromatic N) is 4. The van der Waals surface area contributed by atoms with E-state index in [1.165, 1.54) is 5.56 Å². The number of benzene rings is 1. The van der Waals surface area contributed by atoms with Crippen LogP contribution in [0.25, 0.3) is 0 Å². The molecule has 2 aromatic heterocycles. The standard InChI is InChI=1S/C18H19N5O/c24-18(16-11-19-17-8-4-5-9-23(16)17)21-15-10-20-22(13-15)12-14-6-2-1-3-7-14/h1-3,6-7,10-11,13H,4-5,8-9,12H2,(H,21,24). The Bertz CT molecular complexity index is 849. The van der Waals surface area contributed by atoms with Crippen LogP contribution in [0.1, 0.15) is 34.7 Å². The average molecular weight is 321 g/mol. The van der Waals surface area contributed by atoms with Crippen LogP contribution in [0.5, 0.6) is 0 Å². The van der Waals surface area contributed by atoms with Crippen molar-refractivity contribution in [3.05, 3.63) is 66.0 Å². The summed E-state index contributed by atoms with van der Waals surface area (Å²) in [5.74, 6) is 0.876. The molecule has 1 amide bonds. The third kappa shape index (κ3) is 2.95. The summed E-state index contributed by atoms with van der Waals surface area (Å²) in [7, 11) is 0. The van der Waals surface area contributed by atoms with Crippen LogP contribution in [0.2, 0.25) is 0 Å². The van der Waals surface area contributed by atoms with E-state index in [2.05, 4.69) is 27.5 Å². The molecule has 3 heterocycles. The number of aromatic nitrogens is 4. The number of anilines is 1. The molecule has 4 rings (SSSR count). The summed E-state index contributed by atoms with van der Waals surface area (Å²) in [5, 5.41) is 7.23. The van der Waals surface area contributed by atoms with E-state index in [4.69, 9.17) is 0 Å². The smallest absolute Gasteiger partial charge is 0.274 e. The van der Waals surface area contributed by atoms with E-state index in [-0.39, 0.29) is 5.91 Å². The Balaban J connectivity index is 1.46. The Kier molecular flexibility index (Phi) is 3.86. The van der Waals surface area contributed by atoms with E-state index in [1.54, 1.807) is 12.4 Å². The van der Waals surface area contributed by atoms with Crippen molar-refractivity contribution in [3.8, 4) is 0 Å². The van der Waals surface area contributed by atoms with Gasteiger partial charge in [0.25, 0.3) is 5.91 Å². The molecule has 6 heteroatoms. The second kappa shape index (κ2) is 6.31. The molecule has 0 unspecified atom stereocenters. The second-order valence-electron chi connectivity index (χ2n) is 6.03. The van der Waals surface area contributed by atoms with Crippen molar-refractivity contribution in [1.29, 1.82) is 0 Å². The second-order valence-corrected chi connectivity index (χ2v) is 6.03. The van der Waals surface area contributed by atoms with Gasteiger partial charge in [0.15, 0.2) is 0 Å². The van der Waals surface area contributed by atoms with Crippen molar-refractivity contribution in [2.75, 3.05) is 5.32 Å². The number of carbonyl (C=O) groups excluding carboxylic acids is 1. The summed E-state index contributed by atoms with van der Waals surface area (Å²) >= 11 is 0. The molecule has 0 atom stereocenters. The molecule has 0 radical (unpaired) electrons. The number of aryl methyl sites for hydroxylation is 1. The Morgan fingerprint density at radius 2 is 2.04 bits per heavy atom. The van der Waals surface area contributed by atoms with Crippen LogP contribution < -0.4 is 5.32 Å². The first-order valence-corrected chi connectivity index (χ1v) is 8.22. The third-order valence-corrected chi connectivity index (χ3v) is 4.28. The van der Waals surface area contributed by atoms with E-state index < -0.39 is 0 Å². The van der Waals surface area contributed by atoms with Gasteiger partial charge in [0.1, 0.15) is 11.5 Å². The molecule has 6 nitrogen and oxygen atoms in total. The fourth-order valence-electron chi connectivity index (χ4n) is 3.08. The fraction of sp³-hybridized carbons (Fsp3) is 0.278. The maximum atomic E-state index is 12.5. The summed E-state index contributed by atoms with van der Waals surface area (Å²) in [6.45, 7) is 1.55. The molecular weight excluding hydrogens is 302 g/mol. The molecule has 1 aliphatic rings. The lowest BCUT2D eigenvalue weighted by molar-refractivity contribution is 0.101. The molecular formula is C18H19N5O. The Hall–Kier alpha value is -2.89. The minimum atomic E-state index is -0.130. The lowest BCUT2D eigenvalue weighted by Crippen LogP contribution is -2.20. The van der Waals surface area contributed by atoms with E-state index >= 15 is 0 Å². The Morgan fingerprint density at radius 3 is 2.92 bits per heavy atom. The highest BCUT2D eigenvalue weighted by Gasteiger charge is 2.19. The van der Waals surface area contributed by atoms with Crippen LogP contribution in [0, 0.1) is 0 Å². The molecule has 1 N–H and O–H groups in total. The third-order valence-electron chi connectivity index (χ3n) is 4.28. The fourth-order valence-corrected chi connectivity index (χ4v) is 3.08. The topological polar surface area (TPSA) is 64.7 Å². The van der Waals surface area contributed by atoms with Crippen molar-refractivity contribution < 1.29 is 4.79 Å². The van der Waals surface area contributed by atoms with Crippen molar-refractivity contribution in [3.63, 3.8) is 0 Å². The highest BCUT2D eigenvalue weighted by atomic mass is 16.2. The first-order valence-electron chi connectivity index (χ1n) is 8.22. The largest absolute Gasteiger partial charge is 0.324 e. The predicted molar refractivity (Wildman–Crippen MR) is 90.9 cm³/mol. The quantitative estimate of drug-likeness (QED) is 0.803. The first kappa shape index (κ1) is 14.7. The number of fused-ring (bicyclic) bond motifs is 1. The summed E-state index contributed by atoms with van der Waals surface area (Å²) in [4.78, 5) is 16.9. The minimum absolute atomic E-state index is 0.130. The molecule has 122 valence electrons. The number of carbonyl (C=O) groups is 1. The normalized spacial score (nSPS) is 13.5. The number of amides is 1. The maximum absolute atomic E-state index is 12.5. The van der Waals surface area contributed by atoms with Gasteiger partial charge >= 0.3 is 0 Å². The van der Waals surface area contributed by atoms with Crippen LogP contribution in [-0.4, -0.2) is 25.2 Å². The van der Waals surface area contributed by atoms with Crippen LogP contribution in [0.15, 0.2) is 48.9 Å². The van der Waals surface area contributed by atoms with Gasteiger partial charge in [-0.15, -0.1) is 0 Å². The molecule has 3 aromatic rings. The zero-order chi connectivity index (χ0) is 16.4. The molecule has 0 aliphatic carbocycles. The van der Waals surface area contributed by atoms with Crippen molar-refractivity contribution in [2.24, 2.45) is 0 Å². The highest BCUT2D eigenvalue weighted by Crippen LogP contribution is 2.17. The van der Waals surface area contributed by atoms with Gasteiger partial charge in [-0.25, -0.2) is 4.98 Å². The molecule has 0 spiro atoms. The van der Waals surface area contributed by atoms with Gasteiger partial charge in [-0.05, 0) is 18.4 Å². The molecule has 24 heavy (non-hydrogen) atoms. The minimum Gasteiger partial charge on any atom is -0.324 e. The Labute approximate surface area is 140 Å². The molecule has 0 fully saturated rings. The van der Waals surface area contributed by atoms with Crippen LogP contribution in [0.3, 0.4) is 0 Å². The molecule has 0 bridgehead atoms. The summed E-state index contributed by atoms with van der Waals surface area (Å²) < 4.78 is 3.84. The van der Waals surface area contributed by atoms with E-state index in [9.17, 15) is 4.79 Å². The van der Waals surface area contributed by atoms with Gasteiger partial charge in [0, 0.05) is 19.2 Å². The molecule has 0 saturated heterocycles. The van der Waals surface area contributed by atoms with Gasteiger partial charge < -0.3 is 9.88 Å². The monoisotopic (exact) mass is 321 g/mol. The zero-order valence-corrected chi connectivity index (χ0v) is 13.4. The van der Waals surface area contributed by atoms with Crippen molar-refractivity contribution >= 4 is 11.6 Å². The zero-order valence-electron chi connectivity index (χ0n) is 13.4. The number of nitrogens with one attached hydrogen (secondary N) is 1. The van der Waals surface area contributed by atoms with Gasteiger partial charge in [0.2, 0.25) is 0 Å². The van der Waals surface area contributed by atoms with Gasteiger partial charge in [-0.3, -0.25) is 9.48 Å². The Morgan fingerprint density at radius 1 is 1.17 bits per heavy atom. The van der Waals surface area contributed by atoms with Gasteiger partial charge in [-0.2, -0.15) is 5.10 Å². The SMILES string of the molecule is O=C(Nc1cnn(Cc2ccccc2)c1)c1cnc2n1CCCC2. The van der Waals surface area contributed by atoms with Crippen molar-refractivity contribution in [2.45, 2.75) is 32.4 Å². The summed E-state index contributed by atoms with van der Waals surface area (Å²) in [5.41, 5.74) is 2.49. The lowest BCUT2D eigenvalue weighted by atomic mass is 10.1. The summed E-state index contributed by atoms with van der Waals surface area (Å²) in [6.07, 6.45) is 8.38. The first-order chi connectivity index (χ1) is 11.8. The average Bonchev–Trinajstić information content (AvgIpc) is 3.22. The number of hydrogen-bond donors (Lipinski definition) is 1. The van der Waals surface area contributed by atoms with Crippen LogP contribution >= 0.6 is 0 Å². The van der Waals surface area contributed by atoms with E-state index in [0.29, 0.717) is 17.9 Å². The van der Waals surface area contributed by atoms with Gasteiger partial charge in [-0.1, -0.05) is 30.3 Å². The number of imidazole rings is 1. The number of rotatable bonds is 4. The predicted octanol–water partition coefficient (Wildman–Crippen LogP) is 2.72. The van der Waals surface area contributed by atoms with Crippen LogP contribution in [-0.2, 0) is 19.5 Å². The highest BCUT2D eigenvalue weighted by molar-refractivity contribution is 6.02. The molecule has 1 aliphatic heterocycles. The lowest BCUT2D eigenvalue weighted by Gasteiger charge is -2.15.